The van der Waals surface area contributed by atoms with Crippen LogP contribution in [0.4, 0.5) is 0 Å². The minimum absolute atomic E-state index is 0.192. The minimum Gasteiger partial charge on any atom is -0.365 e. The highest BCUT2D eigenvalue weighted by molar-refractivity contribution is 5.94. The zero-order chi connectivity index (χ0) is 20.1. The van der Waals surface area contributed by atoms with E-state index in [1.54, 1.807) is 23.5 Å². The molecular weight excluding hydrogens is 358 g/mol. The van der Waals surface area contributed by atoms with E-state index in [0.29, 0.717) is 31.1 Å². The van der Waals surface area contributed by atoms with Crippen molar-refractivity contribution in [3.8, 4) is 0 Å². The molecule has 0 radical (unpaired) electrons. The first kappa shape index (κ1) is 19.9. The first-order valence-electron chi connectivity index (χ1n) is 9.36. The molecule has 1 unspecified atom stereocenters. The van der Waals surface area contributed by atoms with E-state index in [4.69, 9.17) is 4.74 Å². The van der Waals surface area contributed by atoms with Crippen LogP contribution in [0.2, 0.25) is 0 Å². The van der Waals surface area contributed by atoms with Gasteiger partial charge in [-0.3, -0.25) is 14.6 Å². The summed E-state index contributed by atoms with van der Waals surface area (Å²) in [6, 6.07) is 3.80. The summed E-state index contributed by atoms with van der Waals surface area (Å²) in [6.07, 6.45) is 4.06. The van der Waals surface area contributed by atoms with Crippen molar-refractivity contribution in [2.24, 2.45) is 0 Å². The van der Waals surface area contributed by atoms with Gasteiger partial charge in [0.2, 0.25) is 0 Å². The van der Waals surface area contributed by atoms with Crippen LogP contribution in [-0.2, 0) is 16.1 Å². The largest absolute Gasteiger partial charge is 0.365 e. The topological polar surface area (TPSA) is 97.3 Å². The molecule has 2 aromatic heterocycles. The molecule has 1 aliphatic heterocycles. The van der Waals surface area contributed by atoms with Gasteiger partial charge in [-0.05, 0) is 18.6 Å². The highest BCUT2D eigenvalue weighted by Gasteiger charge is 2.30. The molecule has 0 aromatic carbocycles. The number of aryl methyl sites for hydroxylation is 1. The van der Waals surface area contributed by atoms with Crippen LogP contribution in [0.5, 0.6) is 0 Å². The average molecular weight is 383 g/mol. The minimum atomic E-state index is -0.711. The summed E-state index contributed by atoms with van der Waals surface area (Å²) in [5.74, 6) is 0.440. The molecule has 0 saturated carbocycles. The molecule has 148 valence electrons. The summed E-state index contributed by atoms with van der Waals surface area (Å²) in [6.45, 7) is 7.18. The monoisotopic (exact) mass is 383 g/mol. The van der Waals surface area contributed by atoms with Crippen molar-refractivity contribution in [3.05, 3.63) is 53.4 Å². The maximum absolute atomic E-state index is 12.7. The number of hydrogen-bond donors (Lipinski definition) is 1. The van der Waals surface area contributed by atoms with Gasteiger partial charge < -0.3 is 15.0 Å². The van der Waals surface area contributed by atoms with Gasteiger partial charge in [-0.2, -0.15) is 0 Å². The fourth-order valence-corrected chi connectivity index (χ4v) is 2.91. The number of hydrogen-bond acceptors (Lipinski definition) is 6. The number of amides is 2. The van der Waals surface area contributed by atoms with Gasteiger partial charge in [-0.15, -0.1) is 0 Å². The predicted molar refractivity (Wildman–Crippen MR) is 103 cm³/mol. The zero-order valence-electron chi connectivity index (χ0n) is 16.4. The summed E-state index contributed by atoms with van der Waals surface area (Å²) in [7, 11) is 0. The van der Waals surface area contributed by atoms with Crippen LogP contribution in [0.3, 0.4) is 0 Å². The van der Waals surface area contributed by atoms with Gasteiger partial charge in [0.25, 0.3) is 11.8 Å². The second-order valence-corrected chi connectivity index (χ2v) is 7.08. The third-order valence-electron chi connectivity index (χ3n) is 4.63. The number of ether oxygens (including phenoxy) is 1. The number of nitrogens with one attached hydrogen (secondary N) is 1. The molecular formula is C20H25N5O3. The lowest BCUT2D eigenvalue weighted by molar-refractivity contribution is -0.137. The average Bonchev–Trinajstić information content (AvgIpc) is 2.72. The molecule has 2 aromatic rings. The van der Waals surface area contributed by atoms with E-state index in [9.17, 15) is 9.59 Å². The smallest absolute Gasteiger partial charge is 0.257 e. The lowest BCUT2D eigenvalue weighted by Crippen LogP contribution is -2.51. The Labute approximate surface area is 164 Å². The van der Waals surface area contributed by atoms with Crippen LogP contribution >= 0.6 is 0 Å². The van der Waals surface area contributed by atoms with Crippen LogP contribution in [0.1, 0.15) is 47.2 Å². The van der Waals surface area contributed by atoms with E-state index >= 15 is 0 Å². The first-order chi connectivity index (χ1) is 13.5. The molecule has 0 aliphatic carbocycles. The van der Waals surface area contributed by atoms with E-state index in [1.807, 2.05) is 32.9 Å². The molecule has 1 atom stereocenters. The molecule has 8 heteroatoms. The molecule has 2 amide bonds. The van der Waals surface area contributed by atoms with Gasteiger partial charge in [-0.25, -0.2) is 9.97 Å². The number of carbonyl (C=O) groups excluding carboxylic acids is 2. The highest BCUT2D eigenvalue weighted by Crippen LogP contribution is 2.13. The molecule has 0 bridgehead atoms. The summed E-state index contributed by atoms with van der Waals surface area (Å²) < 4.78 is 5.57. The van der Waals surface area contributed by atoms with Gasteiger partial charge in [0.1, 0.15) is 5.82 Å². The van der Waals surface area contributed by atoms with Crippen LogP contribution < -0.4 is 5.32 Å². The van der Waals surface area contributed by atoms with Crippen molar-refractivity contribution < 1.29 is 14.3 Å². The van der Waals surface area contributed by atoms with Crippen LogP contribution in [0, 0.1) is 6.92 Å². The molecule has 8 nitrogen and oxygen atoms in total. The van der Waals surface area contributed by atoms with Gasteiger partial charge >= 0.3 is 0 Å². The molecule has 28 heavy (non-hydrogen) atoms. The first-order valence-corrected chi connectivity index (χ1v) is 9.36. The maximum atomic E-state index is 12.7. The van der Waals surface area contributed by atoms with E-state index in [0.717, 1.165) is 11.3 Å². The standard InChI is InChI=1S/C20H25N5O3/c1-13(2)18-22-9-15(10-23-18)20(27)25-7-8-28-17(12-25)19(26)24-11-16-14(3)5-4-6-21-16/h4-6,9-10,13,17H,7-8,11-12H2,1-3H3,(H,24,26). The zero-order valence-corrected chi connectivity index (χ0v) is 16.4. The molecule has 1 N–H and O–H groups in total. The van der Waals surface area contributed by atoms with Gasteiger partial charge in [-0.1, -0.05) is 19.9 Å². The maximum Gasteiger partial charge on any atom is 0.257 e. The number of pyridine rings is 1. The second kappa shape index (κ2) is 8.88. The second-order valence-electron chi connectivity index (χ2n) is 7.08. The normalized spacial score (nSPS) is 16.9. The third-order valence-corrected chi connectivity index (χ3v) is 4.63. The Balaban J connectivity index is 1.59. The Morgan fingerprint density at radius 3 is 2.71 bits per heavy atom. The van der Waals surface area contributed by atoms with Crippen LogP contribution in [0.15, 0.2) is 30.7 Å². The van der Waals surface area contributed by atoms with Crippen molar-refractivity contribution in [1.82, 2.24) is 25.2 Å². The Kier molecular flexibility index (Phi) is 6.30. The van der Waals surface area contributed by atoms with Crippen molar-refractivity contribution >= 4 is 11.8 Å². The molecule has 0 spiro atoms. The van der Waals surface area contributed by atoms with Gasteiger partial charge in [0.05, 0.1) is 31.0 Å². The van der Waals surface area contributed by atoms with Crippen molar-refractivity contribution in [2.75, 3.05) is 19.7 Å². The quantitative estimate of drug-likeness (QED) is 0.840. The number of rotatable bonds is 5. The fraction of sp³-hybridized carbons (Fsp3) is 0.450. The predicted octanol–water partition coefficient (Wildman–Crippen LogP) is 1.46. The third kappa shape index (κ3) is 4.69. The Bertz CT molecular complexity index is 838. The summed E-state index contributed by atoms with van der Waals surface area (Å²) in [4.78, 5) is 39.6. The summed E-state index contributed by atoms with van der Waals surface area (Å²) in [5, 5.41) is 2.84. The molecule has 1 saturated heterocycles. The Morgan fingerprint density at radius 1 is 1.29 bits per heavy atom. The molecule has 3 rings (SSSR count). The van der Waals surface area contributed by atoms with E-state index in [2.05, 4.69) is 20.3 Å². The lowest BCUT2D eigenvalue weighted by atomic mass is 10.2. The lowest BCUT2D eigenvalue weighted by Gasteiger charge is -2.32. The van der Waals surface area contributed by atoms with E-state index < -0.39 is 6.10 Å². The van der Waals surface area contributed by atoms with Crippen LogP contribution in [-0.4, -0.2) is 57.5 Å². The number of carbonyl (C=O) groups is 2. The fourth-order valence-electron chi connectivity index (χ4n) is 2.91. The van der Waals surface area contributed by atoms with Gasteiger partial charge in [0, 0.05) is 31.1 Å². The summed E-state index contributed by atoms with van der Waals surface area (Å²) >= 11 is 0. The van der Waals surface area contributed by atoms with E-state index in [-0.39, 0.29) is 24.3 Å². The number of aromatic nitrogens is 3. The van der Waals surface area contributed by atoms with Crippen molar-refractivity contribution in [2.45, 2.75) is 39.3 Å². The molecule has 1 aliphatic rings. The Hall–Kier alpha value is -2.87. The number of nitrogens with zero attached hydrogens (tertiary/aromatic N) is 4. The number of morpholine rings is 1. The van der Waals surface area contributed by atoms with Crippen LogP contribution in [0.25, 0.3) is 0 Å². The highest BCUT2D eigenvalue weighted by atomic mass is 16.5. The molecule has 1 fully saturated rings. The van der Waals surface area contributed by atoms with E-state index in [1.165, 1.54) is 0 Å². The van der Waals surface area contributed by atoms with Crippen molar-refractivity contribution in [3.63, 3.8) is 0 Å². The summed E-state index contributed by atoms with van der Waals surface area (Å²) in [5.41, 5.74) is 2.23. The van der Waals surface area contributed by atoms with Crippen molar-refractivity contribution in [1.29, 1.82) is 0 Å². The Morgan fingerprint density at radius 2 is 2.04 bits per heavy atom. The SMILES string of the molecule is Cc1cccnc1CNC(=O)C1CN(C(=O)c2cnc(C(C)C)nc2)CCO1. The van der Waals surface area contributed by atoms with Gasteiger partial charge in [0.15, 0.2) is 6.10 Å². The molecule has 3 heterocycles.